The summed E-state index contributed by atoms with van der Waals surface area (Å²) in [7, 11) is -4.10. The molecule has 1 aliphatic carbocycles. The molecule has 0 heterocycles. The van der Waals surface area contributed by atoms with Gasteiger partial charge in [0.2, 0.25) is 0 Å². The molecule has 0 radical (unpaired) electrons. The Hall–Kier alpha value is -1.29. The number of alkyl halides is 6. The maximum absolute atomic E-state index is 12.9. The first kappa shape index (κ1) is 23.0. The van der Waals surface area contributed by atoms with Crippen molar-refractivity contribution in [1.82, 2.24) is 5.32 Å². The van der Waals surface area contributed by atoms with Crippen molar-refractivity contribution in [2.75, 3.05) is 6.54 Å². The first-order valence-corrected chi connectivity index (χ1v) is 10.3. The maximum atomic E-state index is 12.9. The van der Waals surface area contributed by atoms with Crippen LogP contribution in [0.15, 0.2) is 29.2 Å². The van der Waals surface area contributed by atoms with Crippen molar-refractivity contribution in [3.8, 4) is 0 Å². The molecule has 160 valence electrons. The van der Waals surface area contributed by atoms with Crippen LogP contribution in [0.5, 0.6) is 0 Å². The third kappa shape index (κ3) is 5.20. The van der Waals surface area contributed by atoms with Gasteiger partial charge in [0.25, 0.3) is 0 Å². The summed E-state index contributed by atoms with van der Waals surface area (Å²) in [6.07, 6.45) is -8.40. The molecule has 0 bridgehead atoms. The van der Waals surface area contributed by atoms with E-state index in [9.17, 15) is 34.8 Å². The number of halogens is 6. The van der Waals surface area contributed by atoms with Gasteiger partial charge in [0.1, 0.15) is 0 Å². The van der Waals surface area contributed by atoms with E-state index in [-0.39, 0.29) is 38.3 Å². The molecular formula is C18H23F6NO2S. The molecule has 0 saturated heterocycles. The van der Waals surface area contributed by atoms with Crippen LogP contribution in [0.2, 0.25) is 0 Å². The molecule has 2 rings (SSSR count). The number of benzene rings is 1. The molecule has 1 saturated carbocycles. The second-order valence-electron chi connectivity index (χ2n) is 7.76. The van der Waals surface area contributed by atoms with Crippen LogP contribution in [-0.2, 0) is 16.0 Å². The summed E-state index contributed by atoms with van der Waals surface area (Å²) in [4.78, 5) is -0.435. The second kappa shape index (κ2) is 7.85. The fraction of sp³-hybridized carbons (Fsp3) is 0.667. The predicted molar refractivity (Wildman–Crippen MR) is 92.5 cm³/mol. The van der Waals surface area contributed by atoms with Gasteiger partial charge in [-0.3, -0.25) is 0 Å². The van der Waals surface area contributed by atoms with Crippen LogP contribution in [-0.4, -0.2) is 31.9 Å². The lowest BCUT2D eigenvalue weighted by atomic mass is 9.85. The van der Waals surface area contributed by atoms with Crippen LogP contribution in [0.3, 0.4) is 0 Å². The van der Waals surface area contributed by atoms with Crippen LogP contribution in [0.25, 0.3) is 0 Å². The molecule has 0 atom stereocenters. The van der Waals surface area contributed by atoms with Crippen molar-refractivity contribution in [2.24, 2.45) is 5.92 Å². The lowest BCUT2D eigenvalue weighted by Crippen LogP contribution is -2.47. The summed E-state index contributed by atoms with van der Waals surface area (Å²) in [5, 5.41) is 2.99. The minimum atomic E-state index is -4.66. The number of nitrogens with one attached hydrogen (secondary N) is 1. The highest BCUT2D eigenvalue weighted by Gasteiger charge is 2.42. The van der Waals surface area contributed by atoms with Gasteiger partial charge in [-0.25, -0.2) is 8.42 Å². The number of sulfone groups is 1. The van der Waals surface area contributed by atoms with Crippen LogP contribution in [0.4, 0.5) is 26.3 Å². The minimum Gasteiger partial charge on any atom is -0.312 e. The van der Waals surface area contributed by atoms with Crippen molar-refractivity contribution in [3.05, 3.63) is 29.8 Å². The Morgan fingerprint density at radius 2 is 1.57 bits per heavy atom. The summed E-state index contributed by atoms with van der Waals surface area (Å²) in [5.74, 6) is -1.34. The van der Waals surface area contributed by atoms with Crippen LogP contribution in [0, 0.1) is 5.92 Å². The third-order valence-corrected chi connectivity index (χ3v) is 7.68. The number of hydrogen-bond donors (Lipinski definition) is 1. The molecule has 0 spiro atoms. The largest absolute Gasteiger partial charge is 0.416 e. The normalized spacial score (nSPS) is 22.3. The molecule has 0 aliphatic heterocycles. The van der Waals surface area contributed by atoms with E-state index >= 15 is 0 Å². The minimum absolute atomic E-state index is 0.0258. The quantitative estimate of drug-likeness (QED) is 0.670. The van der Waals surface area contributed by atoms with Crippen molar-refractivity contribution >= 4 is 9.84 Å². The summed E-state index contributed by atoms with van der Waals surface area (Å²) in [6.45, 7) is 2.70. The molecule has 1 aromatic carbocycles. The Kier molecular flexibility index (Phi) is 6.45. The predicted octanol–water partition coefficient (Wildman–Crippen LogP) is 4.97. The molecule has 0 unspecified atom stereocenters. The number of hydrogen-bond acceptors (Lipinski definition) is 3. The molecule has 0 amide bonds. The lowest BCUT2D eigenvalue weighted by Gasteiger charge is -2.33. The van der Waals surface area contributed by atoms with E-state index in [1.165, 1.54) is 13.8 Å². The second-order valence-corrected chi connectivity index (χ2v) is 10.3. The van der Waals surface area contributed by atoms with Gasteiger partial charge in [-0.1, -0.05) is 6.07 Å². The summed E-state index contributed by atoms with van der Waals surface area (Å²) in [6, 6.07) is 3.29. The molecule has 1 N–H and O–H groups in total. The summed E-state index contributed by atoms with van der Waals surface area (Å²) < 4.78 is 101. The van der Waals surface area contributed by atoms with E-state index in [2.05, 4.69) is 5.32 Å². The summed E-state index contributed by atoms with van der Waals surface area (Å²) >= 11 is 0. The van der Waals surface area contributed by atoms with Crippen LogP contribution >= 0.6 is 0 Å². The fourth-order valence-corrected chi connectivity index (χ4v) is 4.72. The SMILES string of the molecule is CC(C)(CNC1CCC(C(F)(F)F)CC1)S(=O)(=O)c1cccc(C(F)(F)F)c1. The van der Waals surface area contributed by atoms with E-state index in [1.54, 1.807) is 0 Å². The van der Waals surface area contributed by atoms with Gasteiger partial charge in [-0.05, 0) is 57.7 Å². The first-order chi connectivity index (χ1) is 12.6. The summed E-state index contributed by atoms with van der Waals surface area (Å²) in [5.41, 5.74) is -1.05. The van der Waals surface area contributed by atoms with Crippen molar-refractivity contribution in [2.45, 2.75) is 67.6 Å². The van der Waals surface area contributed by atoms with E-state index in [1.807, 2.05) is 0 Å². The van der Waals surface area contributed by atoms with Gasteiger partial charge in [-0.2, -0.15) is 26.3 Å². The van der Waals surface area contributed by atoms with Gasteiger partial charge in [0.05, 0.1) is 21.1 Å². The zero-order valence-electron chi connectivity index (χ0n) is 15.5. The van der Waals surface area contributed by atoms with Gasteiger partial charge in [0.15, 0.2) is 9.84 Å². The van der Waals surface area contributed by atoms with Crippen molar-refractivity contribution in [1.29, 1.82) is 0 Å². The lowest BCUT2D eigenvalue weighted by molar-refractivity contribution is -0.182. The van der Waals surface area contributed by atoms with E-state index in [0.29, 0.717) is 6.07 Å². The molecule has 1 aliphatic rings. The van der Waals surface area contributed by atoms with Gasteiger partial charge in [0, 0.05) is 12.6 Å². The van der Waals surface area contributed by atoms with Crippen LogP contribution in [0.1, 0.15) is 45.1 Å². The zero-order chi connectivity index (χ0) is 21.4. The fourth-order valence-electron chi connectivity index (χ4n) is 3.27. The molecule has 3 nitrogen and oxygen atoms in total. The Morgan fingerprint density at radius 1 is 1.00 bits per heavy atom. The third-order valence-electron chi connectivity index (χ3n) is 5.21. The average molecular weight is 431 g/mol. The Morgan fingerprint density at radius 3 is 2.07 bits per heavy atom. The molecule has 0 aromatic heterocycles. The first-order valence-electron chi connectivity index (χ1n) is 8.86. The highest BCUT2D eigenvalue weighted by atomic mass is 32.2. The Labute approximate surface area is 160 Å². The molecule has 1 aromatic rings. The van der Waals surface area contributed by atoms with Gasteiger partial charge in [-0.15, -0.1) is 0 Å². The monoisotopic (exact) mass is 431 g/mol. The van der Waals surface area contributed by atoms with E-state index < -0.39 is 43.3 Å². The molecular weight excluding hydrogens is 408 g/mol. The van der Waals surface area contributed by atoms with E-state index in [4.69, 9.17) is 0 Å². The van der Waals surface area contributed by atoms with Crippen molar-refractivity contribution < 1.29 is 34.8 Å². The van der Waals surface area contributed by atoms with Gasteiger partial charge >= 0.3 is 12.4 Å². The molecule has 28 heavy (non-hydrogen) atoms. The highest BCUT2D eigenvalue weighted by molar-refractivity contribution is 7.92. The number of rotatable bonds is 5. The van der Waals surface area contributed by atoms with Gasteiger partial charge < -0.3 is 5.32 Å². The standard InChI is InChI=1S/C18H23F6NO2S/c1-16(2,11-25-14-8-6-12(7-9-14)17(19,20)21)28(26,27)15-5-3-4-13(10-15)18(22,23)24/h3-5,10,12,14,25H,6-9,11H2,1-2H3. The highest BCUT2D eigenvalue weighted by Crippen LogP contribution is 2.38. The molecule has 10 heteroatoms. The van der Waals surface area contributed by atoms with Crippen LogP contribution < -0.4 is 5.32 Å². The Bertz CT molecular complexity index is 778. The smallest absolute Gasteiger partial charge is 0.312 e. The van der Waals surface area contributed by atoms with E-state index in [0.717, 1.165) is 18.2 Å². The Balaban J connectivity index is 2.06. The average Bonchev–Trinajstić information content (AvgIpc) is 2.59. The molecule has 1 fully saturated rings. The maximum Gasteiger partial charge on any atom is 0.416 e. The zero-order valence-corrected chi connectivity index (χ0v) is 16.3. The topological polar surface area (TPSA) is 46.2 Å². The van der Waals surface area contributed by atoms with Crippen molar-refractivity contribution in [3.63, 3.8) is 0 Å².